The van der Waals surface area contributed by atoms with Gasteiger partial charge in [-0.15, -0.1) is 11.3 Å². The van der Waals surface area contributed by atoms with Gasteiger partial charge in [-0.3, -0.25) is 0 Å². The van der Waals surface area contributed by atoms with Crippen LogP contribution in [0.3, 0.4) is 0 Å². The molecule has 0 bridgehead atoms. The van der Waals surface area contributed by atoms with Gasteiger partial charge in [0.05, 0.1) is 6.61 Å². The predicted molar refractivity (Wildman–Crippen MR) is 44.5 cm³/mol. The summed E-state index contributed by atoms with van der Waals surface area (Å²) >= 11 is 1.76. The monoisotopic (exact) mass is 156 g/mol. The average Bonchev–Trinajstić information content (AvgIpc) is 2.09. The lowest BCUT2D eigenvalue weighted by Gasteiger charge is -1.94. The first-order valence-electron chi connectivity index (χ1n) is 3.33. The van der Waals surface area contributed by atoms with Gasteiger partial charge in [0.2, 0.25) is 0 Å². The highest BCUT2D eigenvalue weighted by Crippen LogP contribution is 2.25. The second kappa shape index (κ2) is 2.72. The van der Waals surface area contributed by atoms with E-state index < -0.39 is 0 Å². The second-order valence-corrected chi connectivity index (χ2v) is 3.90. The van der Waals surface area contributed by atoms with Crippen LogP contribution in [0.1, 0.15) is 20.9 Å². The molecule has 1 aromatic heterocycles. The molecule has 1 rings (SSSR count). The van der Waals surface area contributed by atoms with Crippen LogP contribution in [-0.4, -0.2) is 5.11 Å². The molecular formula is C8H12OS. The standard InChI is InChI=1S/C8H12OS/c1-5-6(2)10-7(3)8(5)4-9/h9H,4H2,1-3H3. The van der Waals surface area contributed by atoms with Crippen molar-refractivity contribution in [3.63, 3.8) is 0 Å². The third kappa shape index (κ3) is 1.09. The van der Waals surface area contributed by atoms with Crippen LogP contribution in [0.4, 0.5) is 0 Å². The Bertz CT molecular complexity index is 238. The summed E-state index contributed by atoms with van der Waals surface area (Å²) in [4.78, 5) is 2.57. The SMILES string of the molecule is Cc1sc(C)c(CO)c1C. The Morgan fingerprint density at radius 3 is 2.00 bits per heavy atom. The number of rotatable bonds is 1. The van der Waals surface area contributed by atoms with Crippen LogP contribution in [-0.2, 0) is 6.61 Å². The lowest BCUT2D eigenvalue weighted by atomic mass is 10.1. The minimum Gasteiger partial charge on any atom is -0.392 e. The highest BCUT2D eigenvalue weighted by molar-refractivity contribution is 7.12. The van der Waals surface area contributed by atoms with Crippen LogP contribution in [0, 0.1) is 20.8 Å². The summed E-state index contributed by atoms with van der Waals surface area (Å²) in [5, 5.41) is 8.92. The van der Waals surface area contributed by atoms with Crippen molar-refractivity contribution >= 4 is 11.3 Å². The third-order valence-electron chi connectivity index (χ3n) is 1.87. The predicted octanol–water partition coefficient (Wildman–Crippen LogP) is 2.17. The molecule has 2 heteroatoms. The van der Waals surface area contributed by atoms with Crippen molar-refractivity contribution < 1.29 is 5.11 Å². The van der Waals surface area contributed by atoms with Crippen LogP contribution in [0.2, 0.25) is 0 Å². The molecule has 1 aromatic rings. The zero-order valence-corrected chi connectivity index (χ0v) is 7.38. The zero-order valence-electron chi connectivity index (χ0n) is 6.56. The van der Waals surface area contributed by atoms with Gasteiger partial charge < -0.3 is 5.11 Å². The number of hydrogen-bond donors (Lipinski definition) is 1. The van der Waals surface area contributed by atoms with E-state index in [2.05, 4.69) is 20.8 Å². The van der Waals surface area contributed by atoms with Gasteiger partial charge in [-0.1, -0.05) is 0 Å². The Hall–Kier alpha value is -0.340. The minimum absolute atomic E-state index is 0.183. The Balaban J connectivity index is 3.20. The first kappa shape index (κ1) is 7.76. The van der Waals surface area contributed by atoms with Gasteiger partial charge in [0.25, 0.3) is 0 Å². The van der Waals surface area contributed by atoms with Crippen molar-refractivity contribution in [3.8, 4) is 0 Å². The van der Waals surface area contributed by atoms with Crippen molar-refractivity contribution in [1.29, 1.82) is 0 Å². The molecule has 10 heavy (non-hydrogen) atoms. The lowest BCUT2D eigenvalue weighted by molar-refractivity contribution is 0.281. The second-order valence-electron chi connectivity index (χ2n) is 2.48. The van der Waals surface area contributed by atoms with E-state index in [4.69, 9.17) is 5.11 Å². The van der Waals surface area contributed by atoms with Crippen LogP contribution in [0.25, 0.3) is 0 Å². The fourth-order valence-corrected chi connectivity index (χ4v) is 2.15. The van der Waals surface area contributed by atoms with E-state index in [1.165, 1.54) is 15.3 Å². The van der Waals surface area contributed by atoms with Crippen LogP contribution in [0.5, 0.6) is 0 Å². The maximum Gasteiger partial charge on any atom is 0.0695 e. The third-order valence-corrected chi connectivity index (χ3v) is 3.03. The van der Waals surface area contributed by atoms with Gasteiger partial charge in [-0.05, 0) is 31.9 Å². The van der Waals surface area contributed by atoms with Gasteiger partial charge in [0.15, 0.2) is 0 Å². The molecular weight excluding hydrogens is 144 g/mol. The molecule has 56 valence electrons. The van der Waals surface area contributed by atoms with Crippen molar-refractivity contribution in [2.75, 3.05) is 0 Å². The van der Waals surface area contributed by atoms with Crippen molar-refractivity contribution in [2.24, 2.45) is 0 Å². The molecule has 1 heterocycles. The van der Waals surface area contributed by atoms with E-state index in [9.17, 15) is 0 Å². The van der Waals surface area contributed by atoms with E-state index >= 15 is 0 Å². The Kier molecular flexibility index (Phi) is 2.11. The summed E-state index contributed by atoms with van der Waals surface area (Å²) in [5.74, 6) is 0. The highest BCUT2D eigenvalue weighted by Gasteiger charge is 2.06. The summed E-state index contributed by atoms with van der Waals surface area (Å²) in [7, 11) is 0. The zero-order chi connectivity index (χ0) is 7.72. The summed E-state index contributed by atoms with van der Waals surface area (Å²) in [6.07, 6.45) is 0. The number of aliphatic hydroxyl groups excluding tert-OH is 1. The molecule has 0 aromatic carbocycles. The van der Waals surface area contributed by atoms with Crippen molar-refractivity contribution in [1.82, 2.24) is 0 Å². The van der Waals surface area contributed by atoms with E-state index in [-0.39, 0.29) is 6.61 Å². The Morgan fingerprint density at radius 2 is 1.80 bits per heavy atom. The normalized spacial score (nSPS) is 10.4. The van der Waals surface area contributed by atoms with Gasteiger partial charge in [0.1, 0.15) is 0 Å². The lowest BCUT2D eigenvalue weighted by Crippen LogP contribution is -1.85. The summed E-state index contributed by atoms with van der Waals surface area (Å²) < 4.78 is 0. The smallest absolute Gasteiger partial charge is 0.0695 e. The quantitative estimate of drug-likeness (QED) is 0.660. The number of hydrogen-bond acceptors (Lipinski definition) is 2. The van der Waals surface area contributed by atoms with E-state index in [1.54, 1.807) is 11.3 Å². The minimum atomic E-state index is 0.183. The van der Waals surface area contributed by atoms with Crippen LogP contribution >= 0.6 is 11.3 Å². The van der Waals surface area contributed by atoms with E-state index in [1.807, 2.05) is 0 Å². The maximum atomic E-state index is 8.92. The Labute approximate surface area is 65.3 Å². The van der Waals surface area contributed by atoms with Gasteiger partial charge in [0, 0.05) is 9.75 Å². The molecule has 0 aliphatic rings. The largest absolute Gasteiger partial charge is 0.392 e. The number of thiophene rings is 1. The van der Waals surface area contributed by atoms with E-state index in [0.717, 1.165) is 5.56 Å². The first-order chi connectivity index (χ1) is 4.66. The summed E-state index contributed by atoms with van der Waals surface area (Å²) in [6, 6.07) is 0. The topological polar surface area (TPSA) is 20.2 Å². The fourth-order valence-electron chi connectivity index (χ4n) is 1.07. The van der Waals surface area contributed by atoms with Gasteiger partial charge in [-0.2, -0.15) is 0 Å². The fraction of sp³-hybridized carbons (Fsp3) is 0.500. The molecule has 0 radical (unpaired) electrons. The van der Waals surface area contributed by atoms with Crippen LogP contribution in [0.15, 0.2) is 0 Å². The van der Waals surface area contributed by atoms with Gasteiger partial charge in [-0.25, -0.2) is 0 Å². The molecule has 0 aliphatic carbocycles. The van der Waals surface area contributed by atoms with Crippen molar-refractivity contribution in [2.45, 2.75) is 27.4 Å². The molecule has 0 saturated carbocycles. The number of aliphatic hydroxyl groups is 1. The molecule has 0 atom stereocenters. The molecule has 1 N–H and O–H groups in total. The summed E-state index contributed by atoms with van der Waals surface area (Å²) in [5.41, 5.74) is 2.37. The Morgan fingerprint density at radius 1 is 1.20 bits per heavy atom. The van der Waals surface area contributed by atoms with E-state index in [0.29, 0.717) is 0 Å². The van der Waals surface area contributed by atoms with Crippen molar-refractivity contribution in [3.05, 3.63) is 20.9 Å². The highest BCUT2D eigenvalue weighted by atomic mass is 32.1. The first-order valence-corrected chi connectivity index (χ1v) is 4.14. The number of aryl methyl sites for hydroxylation is 2. The molecule has 0 saturated heterocycles. The summed E-state index contributed by atoms with van der Waals surface area (Å²) in [6.45, 7) is 6.38. The van der Waals surface area contributed by atoms with Crippen LogP contribution < -0.4 is 0 Å². The molecule has 0 spiro atoms. The molecule has 1 nitrogen and oxygen atoms in total. The molecule has 0 amide bonds. The maximum absolute atomic E-state index is 8.92. The molecule has 0 aliphatic heterocycles. The molecule has 0 fully saturated rings. The van der Waals surface area contributed by atoms with Gasteiger partial charge >= 0.3 is 0 Å². The molecule has 0 unspecified atom stereocenters. The average molecular weight is 156 g/mol.